The van der Waals surface area contributed by atoms with Crippen molar-refractivity contribution in [3.05, 3.63) is 71.8 Å². The van der Waals surface area contributed by atoms with Gasteiger partial charge in [0.15, 0.2) is 5.96 Å². The van der Waals surface area contributed by atoms with E-state index in [-0.39, 0.29) is 24.0 Å². The molecule has 0 radical (unpaired) electrons. The van der Waals surface area contributed by atoms with Crippen LogP contribution in [0.15, 0.2) is 65.7 Å². The van der Waals surface area contributed by atoms with Crippen molar-refractivity contribution in [1.29, 1.82) is 0 Å². The number of hydrogen-bond acceptors (Lipinski definition) is 3. The van der Waals surface area contributed by atoms with E-state index in [9.17, 15) is 0 Å². The number of morpholine rings is 1. The lowest BCUT2D eigenvalue weighted by Crippen LogP contribution is -2.37. The van der Waals surface area contributed by atoms with E-state index >= 15 is 0 Å². The molecule has 0 bridgehead atoms. The molecule has 0 aromatic heterocycles. The van der Waals surface area contributed by atoms with Gasteiger partial charge in [0, 0.05) is 38.6 Å². The van der Waals surface area contributed by atoms with E-state index in [4.69, 9.17) is 10.5 Å². The molecule has 5 nitrogen and oxygen atoms in total. The molecule has 1 saturated heterocycles. The molecule has 0 unspecified atom stereocenters. The minimum absolute atomic E-state index is 0. The number of rotatable bonds is 9. The zero-order valence-electron chi connectivity index (χ0n) is 17.0. The lowest BCUT2D eigenvalue weighted by atomic mass is 9.88. The lowest BCUT2D eigenvalue weighted by Gasteiger charge is -2.26. The summed E-state index contributed by atoms with van der Waals surface area (Å²) >= 11 is 0. The number of aliphatic imine (C=N–C) groups is 1. The maximum Gasteiger partial charge on any atom is 0.188 e. The van der Waals surface area contributed by atoms with Crippen LogP contribution in [-0.4, -0.2) is 56.8 Å². The average Bonchev–Trinajstić information content (AvgIpc) is 2.76. The van der Waals surface area contributed by atoms with Gasteiger partial charge in [-0.1, -0.05) is 60.7 Å². The molecule has 158 valence electrons. The Labute approximate surface area is 191 Å². The van der Waals surface area contributed by atoms with Crippen LogP contribution in [0.25, 0.3) is 0 Å². The second-order valence-corrected chi connectivity index (χ2v) is 7.16. The minimum atomic E-state index is 0. The van der Waals surface area contributed by atoms with E-state index in [1.54, 1.807) is 0 Å². The summed E-state index contributed by atoms with van der Waals surface area (Å²) in [6, 6.07) is 21.3. The number of nitrogens with two attached hydrogens (primary N) is 1. The quantitative estimate of drug-likeness (QED) is 0.236. The molecule has 0 saturated carbocycles. The van der Waals surface area contributed by atoms with E-state index in [0.717, 1.165) is 58.8 Å². The van der Waals surface area contributed by atoms with Gasteiger partial charge in [-0.2, -0.15) is 0 Å². The van der Waals surface area contributed by atoms with Crippen molar-refractivity contribution >= 4 is 29.9 Å². The Bertz CT molecular complexity index is 666. The standard InChI is InChI=1S/C23H32N4O.HI/c24-23(25-13-7-15-27-16-18-28-19-17-27)26-14-12-22(20-8-3-1-4-9-20)21-10-5-2-6-11-21;/h1-6,8-11,22H,7,12-19H2,(H3,24,25,26);1H. The monoisotopic (exact) mass is 508 g/mol. The molecule has 3 N–H and O–H groups in total. The van der Waals surface area contributed by atoms with Gasteiger partial charge in [-0.15, -0.1) is 24.0 Å². The van der Waals surface area contributed by atoms with E-state index in [0.29, 0.717) is 11.9 Å². The summed E-state index contributed by atoms with van der Waals surface area (Å²) in [6.07, 6.45) is 2.00. The van der Waals surface area contributed by atoms with Crippen molar-refractivity contribution in [2.75, 3.05) is 45.9 Å². The van der Waals surface area contributed by atoms with Crippen LogP contribution in [0.2, 0.25) is 0 Å². The Kier molecular flexibility index (Phi) is 11.1. The first-order valence-electron chi connectivity index (χ1n) is 10.3. The first-order valence-corrected chi connectivity index (χ1v) is 10.3. The van der Waals surface area contributed by atoms with Gasteiger partial charge >= 0.3 is 0 Å². The van der Waals surface area contributed by atoms with Crippen LogP contribution in [0.3, 0.4) is 0 Å². The molecule has 0 atom stereocenters. The number of nitrogens with zero attached hydrogens (tertiary/aromatic N) is 2. The molecular weight excluding hydrogens is 475 g/mol. The van der Waals surface area contributed by atoms with E-state index in [1.165, 1.54) is 11.1 Å². The molecule has 29 heavy (non-hydrogen) atoms. The van der Waals surface area contributed by atoms with Gasteiger partial charge in [-0.05, 0) is 24.0 Å². The van der Waals surface area contributed by atoms with Crippen LogP contribution >= 0.6 is 24.0 Å². The highest BCUT2D eigenvalue weighted by molar-refractivity contribution is 14.0. The van der Waals surface area contributed by atoms with Crippen LogP contribution in [-0.2, 0) is 4.74 Å². The van der Waals surface area contributed by atoms with Gasteiger partial charge in [0.25, 0.3) is 0 Å². The van der Waals surface area contributed by atoms with Crippen molar-refractivity contribution in [1.82, 2.24) is 10.2 Å². The molecule has 1 heterocycles. The van der Waals surface area contributed by atoms with Crippen molar-refractivity contribution < 1.29 is 4.74 Å². The van der Waals surface area contributed by atoms with Crippen LogP contribution in [0.4, 0.5) is 0 Å². The molecular formula is C23H33IN4O. The lowest BCUT2D eigenvalue weighted by molar-refractivity contribution is 0.0377. The van der Waals surface area contributed by atoms with E-state index in [1.807, 2.05) is 0 Å². The first-order chi connectivity index (χ1) is 13.8. The number of nitrogens with one attached hydrogen (secondary N) is 1. The molecule has 6 heteroatoms. The fourth-order valence-electron chi connectivity index (χ4n) is 3.62. The summed E-state index contributed by atoms with van der Waals surface area (Å²) in [5.41, 5.74) is 8.72. The smallest absolute Gasteiger partial charge is 0.188 e. The summed E-state index contributed by atoms with van der Waals surface area (Å²) in [7, 11) is 0. The van der Waals surface area contributed by atoms with Crippen LogP contribution in [0, 0.1) is 0 Å². The van der Waals surface area contributed by atoms with Gasteiger partial charge in [-0.25, -0.2) is 0 Å². The molecule has 3 rings (SSSR count). The second-order valence-electron chi connectivity index (χ2n) is 7.16. The van der Waals surface area contributed by atoms with Crippen LogP contribution in [0.5, 0.6) is 0 Å². The van der Waals surface area contributed by atoms with Gasteiger partial charge < -0.3 is 15.8 Å². The average molecular weight is 508 g/mol. The molecule has 2 aromatic rings. The molecule has 0 amide bonds. The SMILES string of the molecule is I.NC(=NCCCN1CCOCC1)NCCC(c1ccccc1)c1ccccc1. The topological polar surface area (TPSA) is 62.9 Å². The third-order valence-electron chi connectivity index (χ3n) is 5.16. The highest BCUT2D eigenvalue weighted by Gasteiger charge is 2.13. The summed E-state index contributed by atoms with van der Waals surface area (Å²) in [6.45, 7) is 6.36. The largest absolute Gasteiger partial charge is 0.379 e. The minimum Gasteiger partial charge on any atom is -0.379 e. The summed E-state index contributed by atoms with van der Waals surface area (Å²) < 4.78 is 5.37. The molecule has 1 aliphatic rings. The Hall–Kier alpha value is -1.64. The third-order valence-corrected chi connectivity index (χ3v) is 5.16. The van der Waals surface area contributed by atoms with Crippen LogP contribution < -0.4 is 11.1 Å². The van der Waals surface area contributed by atoms with Gasteiger partial charge in [0.1, 0.15) is 0 Å². The highest BCUT2D eigenvalue weighted by Crippen LogP contribution is 2.27. The number of halogens is 1. The molecule has 1 fully saturated rings. The third kappa shape index (κ3) is 8.32. The number of benzene rings is 2. The normalized spacial score (nSPS) is 15.1. The number of ether oxygens (including phenoxy) is 1. The van der Waals surface area contributed by atoms with Gasteiger partial charge in [0.05, 0.1) is 13.2 Å². The van der Waals surface area contributed by atoms with E-state index < -0.39 is 0 Å². The van der Waals surface area contributed by atoms with Crippen molar-refractivity contribution in [2.45, 2.75) is 18.8 Å². The maximum absolute atomic E-state index is 6.06. The molecule has 1 aliphatic heterocycles. The predicted molar refractivity (Wildman–Crippen MR) is 131 cm³/mol. The van der Waals surface area contributed by atoms with Gasteiger partial charge in [0.2, 0.25) is 0 Å². The Balaban J connectivity index is 0.00000300. The summed E-state index contributed by atoms with van der Waals surface area (Å²) in [4.78, 5) is 6.90. The highest BCUT2D eigenvalue weighted by atomic mass is 127. The maximum atomic E-state index is 6.06. The zero-order chi connectivity index (χ0) is 19.4. The van der Waals surface area contributed by atoms with Crippen molar-refractivity contribution in [3.8, 4) is 0 Å². The number of guanidine groups is 1. The zero-order valence-corrected chi connectivity index (χ0v) is 19.3. The second kappa shape index (κ2) is 13.6. The molecule has 0 aliphatic carbocycles. The Morgan fingerprint density at radius 3 is 2.17 bits per heavy atom. The predicted octanol–water partition coefficient (Wildman–Crippen LogP) is 3.45. The van der Waals surface area contributed by atoms with E-state index in [2.05, 4.69) is 75.9 Å². The van der Waals surface area contributed by atoms with Crippen LogP contribution in [0.1, 0.15) is 29.9 Å². The number of hydrogen-bond donors (Lipinski definition) is 2. The summed E-state index contributed by atoms with van der Waals surface area (Å²) in [5.74, 6) is 0.894. The fraction of sp³-hybridized carbons (Fsp3) is 0.435. The van der Waals surface area contributed by atoms with Crippen molar-refractivity contribution in [3.63, 3.8) is 0 Å². The summed E-state index contributed by atoms with van der Waals surface area (Å²) in [5, 5.41) is 3.29. The fourth-order valence-corrected chi connectivity index (χ4v) is 3.62. The van der Waals surface area contributed by atoms with Crippen molar-refractivity contribution in [2.24, 2.45) is 10.7 Å². The molecule has 2 aromatic carbocycles. The van der Waals surface area contributed by atoms with Gasteiger partial charge in [-0.3, -0.25) is 9.89 Å². The molecule has 0 spiro atoms. The Morgan fingerprint density at radius 2 is 1.59 bits per heavy atom. The Morgan fingerprint density at radius 1 is 1.00 bits per heavy atom. The first kappa shape index (κ1) is 23.6.